The van der Waals surface area contributed by atoms with Gasteiger partial charge in [-0.25, -0.2) is 8.42 Å². The van der Waals surface area contributed by atoms with Crippen molar-refractivity contribution in [2.24, 2.45) is 0 Å². The number of nitriles is 1. The van der Waals surface area contributed by atoms with E-state index in [9.17, 15) is 13.7 Å². The molecule has 188 valence electrons. The summed E-state index contributed by atoms with van der Waals surface area (Å²) in [4.78, 5) is 3.48. The molecule has 1 aliphatic rings. The van der Waals surface area contributed by atoms with Gasteiger partial charge in [0.15, 0.2) is 9.84 Å². The number of sulfone groups is 1. The van der Waals surface area contributed by atoms with Gasteiger partial charge in [-0.1, -0.05) is 41.0 Å². The summed E-state index contributed by atoms with van der Waals surface area (Å²) in [6.45, 7) is 5.57. The lowest BCUT2D eigenvalue weighted by Crippen LogP contribution is -2.31. The van der Waals surface area contributed by atoms with Crippen LogP contribution in [0.1, 0.15) is 36.1 Å². The van der Waals surface area contributed by atoms with Crippen molar-refractivity contribution in [1.29, 1.82) is 5.26 Å². The lowest BCUT2D eigenvalue weighted by molar-refractivity contribution is 0.240. The van der Waals surface area contributed by atoms with Crippen molar-refractivity contribution in [3.8, 4) is 6.07 Å². The lowest BCUT2D eigenvalue weighted by Gasteiger charge is -2.32. The average molecular weight is 563 g/mol. The predicted molar refractivity (Wildman–Crippen MR) is 142 cm³/mol. The van der Waals surface area contributed by atoms with Crippen molar-refractivity contribution in [1.82, 2.24) is 19.7 Å². The minimum Gasteiger partial charge on any atom is -0.377 e. The predicted octanol–water partition coefficient (Wildman–Crippen LogP) is 5.85. The first-order valence-corrected chi connectivity index (χ1v) is 14.6. The maximum absolute atomic E-state index is 13.3. The van der Waals surface area contributed by atoms with Gasteiger partial charge in [-0.05, 0) is 69.3 Å². The SMILES string of the molecule is Cc1nnc(C)n1C1CCN(C=CCS(=O)(=O)c2cc(C#N)ccc2Sc2cc(Cl)cc(Cl)c2)CC1. The van der Waals surface area contributed by atoms with Crippen LogP contribution in [-0.2, 0) is 9.84 Å². The summed E-state index contributed by atoms with van der Waals surface area (Å²) < 4.78 is 28.8. The summed E-state index contributed by atoms with van der Waals surface area (Å²) in [6.07, 6.45) is 5.40. The van der Waals surface area contributed by atoms with Crippen LogP contribution in [0.5, 0.6) is 0 Å². The smallest absolute Gasteiger partial charge is 0.183 e. The second-order valence-corrected chi connectivity index (χ2v) is 12.6. The fourth-order valence-corrected chi connectivity index (χ4v) is 7.61. The molecule has 4 rings (SSSR count). The van der Waals surface area contributed by atoms with Crippen LogP contribution >= 0.6 is 35.0 Å². The Morgan fingerprint density at radius 1 is 1.08 bits per heavy atom. The Morgan fingerprint density at radius 3 is 2.33 bits per heavy atom. The van der Waals surface area contributed by atoms with Crippen LogP contribution in [0.25, 0.3) is 0 Å². The fourth-order valence-electron chi connectivity index (χ4n) is 4.32. The van der Waals surface area contributed by atoms with E-state index in [1.54, 1.807) is 36.4 Å². The molecular weight excluding hydrogens is 537 g/mol. The second-order valence-electron chi connectivity index (χ2n) is 8.58. The molecule has 0 spiro atoms. The molecule has 0 radical (unpaired) electrons. The minimum absolute atomic E-state index is 0.115. The van der Waals surface area contributed by atoms with Gasteiger partial charge in [-0.2, -0.15) is 5.26 Å². The molecule has 0 amide bonds. The van der Waals surface area contributed by atoms with Gasteiger partial charge in [0.2, 0.25) is 0 Å². The van der Waals surface area contributed by atoms with Gasteiger partial charge >= 0.3 is 0 Å². The van der Waals surface area contributed by atoms with Crippen LogP contribution in [-0.4, -0.2) is 46.9 Å². The summed E-state index contributed by atoms with van der Waals surface area (Å²) >= 11 is 13.5. The monoisotopic (exact) mass is 561 g/mol. The highest BCUT2D eigenvalue weighted by Crippen LogP contribution is 2.36. The normalized spacial score (nSPS) is 14.9. The Kier molecular flexibility index (Phi) is 8.30. The molecule has 11 heteroatoms. The molecular formula is C25H25Cl2N5O2S2. The highest BCUT2D eigenvalue weighted by Gasteiger charge is 2.23. The van der Waals surface area contributed by atoms with Crippen molar-refractivity contribution in [3.63, 3.8) is 0 Å². The van der Waals surface area contributed by atoms with Crippen LogP contribution in [0, 0.1) is 25.2 Å². The number of piperidine rings is 1. The number of likely N-dealkylation sites (tertiary alicyclic amines) is 1. The van der Waals surface area contributed by atoms with Gasteiger partial charge in [0.05, 0.1) is 22.3 Å². The zero-order valence-electron chi connectivity index (χ0n) is 19.9. The fraction of sp³-hybridized carbons (Fsp3) is 0.320. The van der Waals surface area contributed by atoms with Crippen LogP contribution in [0.15, 0.2) is 63.4 Å². The number of hydrogen-bond acceptors (Lipinski definition) is 7. The Bertz CT molecular complexity index is 1400. The van der Waals surface area contributed by atoms with Crippen LogP contribution in [0.2, 0.25) is 10.0 Å². The maximum atomic E-state index is 13.3. The summed E-state index contributed by atoms with van der Waals surface area (Å²) in [7, 11) is -3.69. The molecule has 2 aromatic carbocycles. The van der Waals surface area contributed by atoms with Gasteiger partial charge in [0.1, 0.15) is 11.6 Å². The Hall–Kier alpha value is -2.51. The number of aromatic nitrogens is 3. The van der Waals surface area contributed by atoms with Gasteiger partial charge < -0.3 is 9.47 Å². The molecule has 0 bridgehead atoms. The van der Waals surface area contributed by atoms with Crippen molar-refractivity contribution in [2.45, 2.75) is 47.4 Å². The highest BCUT2D eigenvalue weighted by atomic mass is 35.5. The van der Waals surface area contributed by atoms with Crippen molar-refractivity contribution in [3.05, 3.63) is 75.9 Å². The number of hydrogen-bond donors (Lipinski definition) is 0. The third-order valence-corrected chi connectivity index (χ3v) is 9.26. The van der Waals surface area contributed by atoms with E-state index in [1.807, 2.05) is 26.1 Å². The molecule has 0 saturated carbocycles. The lowest BCUT2D eigenvalue weighted by atomic mass is 10.0. The number of benzene rings is 2. The summed E-state index contributed by atoms with van der Waals surface area (Å²) in [6, 6.07) is 12.1. The van der Waals surface area contributed by atoms with E-state index in [0.717, 1.165) is 37.6 Å². The number of rotatable bonds is 7. The van der Waals surface area contributed by atoms with E-state index in [4.69, 9.17) is 23.2 Å². The molecule has 1 saturated heterocycles. The number of nitrogens with zero attached hydrogens (tertiary/aromatic N) is 5. The largest absolute Gasteiger partial charge is 0.377 e. The molecule has 36 heavy (non-hydrogen) atoms. The van der Waals surface area contributed by atoms with E-state index in [0.29, 0.717) is 25.9 Å². The standard InChI is InChI=1S/C25H25Cl2N5O2S2/c1-17-29-30-18(2)32(17)22-6-9-31(10-7-22)8-3-11-36(33,34)25-12-19(16-28)4-5-24(25)35-23-14-20(26)13-21(27)15-23/h3-5,8,12-15,22H,6-7,9-11H2,1-2H3. The van der Waals surface area contributed by atoms with E-state index in [2.05, 4.69) is 19.7 Å². The average Bonchev–Trinajstić information content (AvgIpc) is 3.17. The molecule has 0 atom stereocenters. The molecule has 2 heterocycles. The Morgan fingerprint density at radius 2 is 1.72 bits per heavy atom. The zero-order valence-corrected chi connectivity index (χ0v) is 23.0. The topological polar surface area (TPSA) is 91.9 Å². The summed E-state index contributed by atoms with van der Waals surface area (Å²) in [5.41, 5.74) is 0.285. The third kappa shape index (κ3) is 6.24. The first-order chi connectivity index (χ1) is 17.2. The van der Waals surface area contributed by atoms with Gasteiger partial charge in [0.25, 0.3) is 0 Å². The molecule has 3 aromatic rings. The van der Waals surface area contributed by atoms with Gasteiger partial charge in [-0.15, -0.1) is 10.2 Å². The Labute approximate surface area is 225 Å². The first-order valence-electron chi connectivity index (χ1n) is 11.4. The van der Waals surface area contributed by atoms with Gasteiger partial charge in [-0.3, -0.25) is 0 Å². The van der Waals surface area contributed by atoms with E-state index in [-0.39, 0.29) is 16.2 Å². The van der Waals surface area contributed by atoms with E-state index in [1.165, 1.54) is 17.8 Å². The minimum atomic E-state index is -3.69. The molecule has 7 nitrogen and oxygen atoms in total. The quantitative estimate of drug-likeness (QED) is 0.357. The van der Waals surface area contributed by atoms with Gasteiger partial charge in [0, 0.05) is 39.0 Å². The van der Waals surface area contributed by atoms with Crippen molar-refractivity contribution < 1.29 is 8.42 Å². The third-order valence-electron chi connectivity index (χ3n) is 6.00. The first kappa shape index (κ1) is 26.6. The number of halogens is 2. The number of aryl methyl sites for hydroxylation is 2. The zero-order chi connectivity index (χ0) is 25.9. The van der Waals surface area contributed by atoms with Crippen LogP contribution < -0.4 is 0 Å². The molecule has 1 fully saturated rings. The van der Waals surface area contributed by atoms with E-state index < -0.39 is 9.84 Å². The highest BCUT2D eigenvalue weighted by molar-refractivity contribution is 8.00. The van der Waals surface area contributed by atoms with Crippen molar-refractivity contribution >= 4 is 44.8 Å². The second kappa shape index (κ2) is 11.3. The van der Waals surface area contributed by atoms with Crippen LogP contribution in [0.4, 0.5) is 0 Å². The summed E-state index contributed by atoms with van der Waals surface area (Å²) in [5.74, 6) is 1.66. The molecule has 1 aliphatic heterocycles. The van der Waals surface area contributed by atoms with Crippen LogP contribution in [0.3, 0.4) is 0 Å². The summed E-state index contributed by atoms with van der Waals surface area (Å²) in [5, 5.41) is 18.6. The Balaban J connectivity index is 1.46. The molecule has 0 unspecified atom stereocenters. The van der Waals surface area contributed by atoms with E-state index >= 15 is 0 Å². The molecule has 1 aromatic heterocycles. The molecule has 0 aliphatic carbocycles. The molecule has 0 N–H and O–H groups in total. The van der Waals surface area contributed by atoms with Crippen molar-refractivity contribution in [2.75, 3.05) is 18.8 Å². The maximum Gasteiger partial charge on any atom is 0.183 e.